The maximum Gasteiger partial charge on any atom is 0.174 e. The summed E-state index contributed by atoms with van der Waals surface area (Å²) in [4.78, 5) is 12.0. The Bertz CT molecular complexity index is 702. The Morgan fingerprint density at radius 2 is 2.18 bits per heavy atom. The number of aromatic nitrogens is 4. The highest BCUT2D eigenvalue weighted by atomic mass is 19.1. The van der Waals surface area contributed by atoms with Gasteiger partial charge in [-0.25, -0.2) is 19.3 Å². The molecule has 0 radical (unpaired) electrons. The number of hydrogen-bond acceptors (Lipinski definition) is 6. The van der Waals surface area contributed by atoms with Crippen molar-refractivity contribution in [3.63, 3.8) is 0 Å². The topological polar surface area (TPSA) is 99.1 Å². The second-order valence-corrected chi connectivity index (χ2v) is 5.64. The molecule has 1 aliphatic heterocycles. The molecule has 22 heavy (non-hydrogen) atoms. The molecule has 1 fully saturated rings. The van der Waals surface area contributed by atoms with E-state index >= 15 is 0 Å². The number of allylic oxidation sites excluding steroid dienone is 1. The summed E-state index contributed by atoms with van der Waals surface area (Å²) in [7, 11) is 0. The molecule has 3 N–H and O–H groups in total. The van der Waals surface area contributed by atoms with E-state index < -0.39 is 24.6 Å². The molecule has 118 valence electrons. The molecule has 2 aromatic heterocycles. The molecule has 0 bridgehead atoms. The first-order chi connectivity index (χ1) is 10.5. The highest BCUT2D eigenvalue weighted by molar-refractivity contribution is 5.81. The Labute approximate surface area is 126 Å². The molecule has 3 heterocycles. The zero-order valence-electron chi connectivity index (χ0n) is 12.3. The number of nitrogens with two attached hydrogens (primary N) is 1. The standard InChI is InChI=1S/C14H18FN5O2/c1-7(2)3-4-8-11(21)9(15)14(22-8)20-6-19-10-12(16)17-5-18-13(10)20/h3-9,11,14,21H,1-2H3,(H2,16,17,18)/b4-3+/t8-,9+,11-,14-/m1/s1. The van der Waals surface area contributed by atoms with Gasteiger partial charge in [0.25, 0.3) is 0 Å². The lowest BCUT2D eigenvalue weighted by molar-refractivity contribution is -0.00185. The summed E-state index contributed by atoms with van der Waals surface area (Å²) >= 11 is 0. The van der Waals surface area contributed by atoms with Crippen molar-refractivity contribution in [3.05, 3.63) is 24.8 Å². The predicted molar refractivity (Wildman–Crippen MR) is 78.5 cm³/mol. The number of imidazole rings is 1. The minimum absolute atomic E-state index is 0.217. The van der Waals surface area contributed by atoms with Crippen LogP contribution in [0.15, 0.2) is 24.8 Å². The first-order valence-electron chi connectivity index (χ1n) is 7.08. The summed E-state index contributed by atoms with van der Waals surface area (Å²) in [6.45, 7) is 3.98. The smallest absolute Gasteiger partial charge is 0.174 e. The second kappa shape index (κ2) is 5.62. The number of halogens is 1. The van der Waals surface area contributed by atoms with Crippen LogP contribution in [0.25, 0.3) is 11.2 Å². The van der Waals surface area contributed by atoms with Gasteiger partial charge in [0.05, 0.1) is 6.33 Å². The number of aliphatic hydroxyl groups excluding tert-OH is 1. The Morgan fingerprint density at radius 1 is 1.41 bits per heavy atom. The zero-order chi connectivity index (χ0) is 15.9. The van der Waals surface area contributed by atoms with Crippen molar-refractivity contribution in [1.29, 1.82) is 0 Å². The largest absolute Gasteiger partial charge is 0.387 e. The second-order valence-electron chi connectivity index (χ2n) is 5.64. The fraction of sp³-hybridized carbons (Fsp3) is 0.500. The predicted octanol–water partition coefficient (Wildman–Crippen LogP) is 1.22. The van der Waals surface area contributed by atoms with Gasteiger partial charge in [0.15, 0.2) is 23.9 Å². The highest BCUT2D eigenvalue weighted by Gasteiger charge is 2.44. The summed E-state index contributed by atoms with van der Waals surface area (Å²) in [6, 6.07) is 0. The lowest BCUT2D eigenvalue weighted by atomic mass is 10.1. The van der Waals surface area contributed by atoms with E-state index in [1.165, 1.54) is 17.2 Å². The van der Waals surface area contributed by atoms with Crippen molar-refractivity contribution in [2.24, 2.45) is 5.92 Å². The SMILES string of the molecule is CC(C)/C=C/[C@H]1O[C@@H](n2cnc3c(N)ncnc32)[C@@H](F)[C@@H]1O. The van der Waals surface area contributed by atoms with E-state index in [1.54, 1.807) is 6.08 Å². The van der Waals surface area contributed by atoms with Crippen LogP contribution in [0.3, 0.4) is 0 Å². The summed E-state index contributed by atoms with van der Waals surface area (Å²) in [5.41, 5.74) is 6.48. The highest BCUT2D eigenvalue weighted by Crippen LogP contribution is 2.34. The fourth-order valence-electron chi connectivity index (χ4n) is 2.43. The summed E-state index contributed by atoms with van der Waals surface area (Å²) in [5, 5.41) is 10.0. The van der Waals surface area contributed by atoms with Crippen molar-refractivity contribution in [2.75, 3.05) is 5.73 Å². The number of ether oxygens (including phenoxy) is 1. The Balaban J connectivity index is 1.92. The van der Waals surface area contributed by atoms with Gasteiger partial charge in [-0.1, -0.05) is 26.0 Å². The average Bonchev–Trinajstić information content (AvgIpc) is 3.01. The van der Waals surface area contributed by atoms with E-state index in [1.807, 2.05) is 19.9 Å². The Kier molecular flexibility index (Phi) is 3.79. The van der Waals surface area contributed by atoms with Gasteiger partial charge >= 0.3 is 0 Å². The number of fused-ring (bicyclic) bond motifs is 1. The van der Waals surface area contributed by atoms with Gasteiger partial charge in [0.1, 0.15) is 24.1 Å². The van der Waals surface area contributed by atoms with Crippen molar-refractivity contribution in [3.8, 4) is 0 Å². The minimum atomic E-state index is -1.59. The Morgan fingerprint density at radius 3 is 2.91 bits per heavy atom. The van der Waals surface area contributed by atoms with Gasteiger partial charge in [-0.2, -0.15) is 0 Å². The minimum Gasteiger partial charge on any atom is -0.387 e. The molecule has 8 heteroatoms. The lowest BCUT2D eigenvalue weighted by Crippen LogP contribution is -2.27. The van der Waals surface area contributed by atoms with Crippen LogP contribution < -0.4 is 5.73 Å². The lowest BCUT2D eigenvalue weighted by Gasteiger charge is -2.14. The molecule has 4 atom stereocenters. The molecule has 1 saturated heterocycles. The van der Waals surface area contributed by atoms with Crippen LogP contribution in [-0.4, -0.2) is 43.0 Å². The van der Waals surface area contributed by atoms with Crippen LogP contribution >= 0.6 is 0 Å². The maximum absolute atomic E-state index is 14.4. The molecule has 0 amide bonds. The van der Waals surface area contributed by atoms with E-state index in [0.717, 1.165) is 0 Å². The van der Waals surface area contributed by atoms with Crippen molar-refractivity contribution >= 4 is 17.0 Å². The number of anilines is 1. The van der Waals surface area contributed by atoms with Crippen molar-refractivity contribution in [2.45, 2.75) is 38.5 Å². The van der Waals surface area contributed by atoms with Crippen LogP contribution in [0.5, 0.6) is 0 Å². The fourth-order valence-corrected chi connectivity index (χ4v) is 2.43. The first kappa shape index (κ1) is 14.9. The summed E-state index contributed by atoms with van der Waals surface area (Å²) < 4.78 is 21.5. The van der Waals surface area contributed by atoms with Gasteiger partial charge in [-0.3, -0.25) is 4.57 Å². The molecule has 0 unspecified atom stereocenters. The molecule has 0 spiro atoms. The molecule has 1 aliphatic rings. The molecule has 3 rings (SSSR count). The molecule has 0 saturated carbocycles. The molecule has 0 aliphatic carbocycles. The normalized spacial score (nSPS) is 29.1. The maximum atomic E-state index is 14.4. The number of nitrogen functional groups attached to an aromatic ring is 1. The van der Waals surface area contributed by atoms with Crippen LogP contribution in [0.4, 0.5) is 10.2 Å². The van der Waals surface area contributed by atoms with E-state index in [4.69, 9.17) is 10.5 Å². The third kappa shape index (κ3) is 2.44. The van der Waals surface area contributed by atoms with Gasteiger partial charge in [0, 0.05) is 0 Å². The number of hydrogen-bond donors (Lipinski definition) is 2. The van der Waals surface area contributed by atoms with Crippen LogP contribution in [0.1, 0.15) is 20.1 Å². The molecule has 2 aromatic rings. The van der Waals surface area contributed by atoms with Gasteiger partial charge in [0.2, 0.25) is 0 Å². The van der Waals surface area contributed by atoms with Crippen LogP contribution in [-0.2, 0) is 4.74 Å². The quantitative estimate of drug-likeness (QED) is 0.827. The van der Waals surface area contributed by atoms with Gasteiger partial charge < -0.3 is 15.6 Å². The number of alkyl halides is 1. The van der Waals surface area contributed by atoms with E-state index in [-0.39, 0.29) is 11.7 Å². The van der Waals surface area contributed by atoms with Gasteiger partial charge in [-0.15, -0.1) is 0 Å². The van der Waals surface area contributed by atoms with Crippen molar-refractivity contribution in [1.82, 2.24) is 19.5 Å². The molecular formula is C14H18FN5O2. The number of rotatable bonds is 3. The monoisotopic (exact) mass is 307 g/mol. The van der Waals surface area contributed by atoms with Crippen LogP contribution in [0.2, 0.25) is 0 Å². The van der Waals surface area contributed by atoms with Crippen molar-refractivity contribution < 1.29 is 14.2 Å². The Hall–Kier alpha value is -2.06. The van der Waals surface area contributed by atoms with E-state index in [2.05, 4.69) is 15.0 Å². The summed E-state index contributed by atoms with van der Waals surface area (Å²) in [6.07, 6.45) is 1.69. The van der Waals surface area contributed by atoms with E-state index in [9.17, 15) is 9.50 Å². The third-order valence-electron chi connectivity index (χ3n) is 3.58. The van der Waals surface area contributed by atoms with Crippen LogP contribution in [0, 0.1) is 5.92 Å². The summed E-state index contributed by atoms with van der Waals surface area (Å²) in [5.74, 6) is 0.503. The molecule has 7 nitrogen and oxygen atoms in total. The molecular weight excluding hydrogens is 289 g/mol. The van der Waals surface area contributed by atoms with Gasteiger partial charge in [-0.05, 0) is 5.92 Å². The zero-order valence-corrected chi connectivity index (χ0v) is 12.3. The first-order valence-corrected chi connectivity index (χ1v) is 7.08. The molecule has 0 aromatic carbocycles. The number of nitrogens with zero attached hydrogens (tertiary/aromatic N) is 4. The number of aliphatic hydroxyl groups is 1. The third-order valence-corrected chi connectivity index (χ3v) is 3.58. The van der Waals surface area contributed by atoms with E-state index in [0.29, 0.717) is 11.2 Å². The average molecular weight is 307 g/mol.